The lowest BCUT2D eigenvalue weighted by atomic mass is 10.1. The number of carbonyl (C=O) groups excluding carboxylic acids is 1. The van der Waals surface area contributed by atoms with Crippen LogP contribution in [0.5, 0.6) is 5.75 Å². The third kappa shape index (κ3) is 3.54. The fourth-order valence-electron chi connectivity index (χ4n) is 3.90. The molecule has 2 aliphatic rings. The molecule has 1 aromatic heterocycles. The van der Waals surface area contributed by atoms with Gasteiger partial charge in [-0.2, -0.15) is 0 Å². The number of rotatable bonds is 5. The molecule has 8 heteroatoms. The minimum absolute atomic E-state index is 0.0693. The number of likely N-dealkylation sites (N-methyl/N-ethyl adjacent to an activating group) is 1. The molecule has 1 N–H and O–H groups in total. The monoisotopic (exact) mass is 371 g/mol. The van der Waals surface area contributed by atoms with Gasteiger partial charge in [0.1, 0.15) is 5.75 Å². The van der Waals surface area contributed by atoms with Crippen LogP contribution in [0.3, 0.4) is 0 Å². The van der Waals surface area contributed by atoms with Crippen LogP contribution in [0.15, 0.2) is 28.7 Å². The first-order valence-corrected chi connectivity index (χ1v) is 9.22. The van der Waals surface area contributed by atoms with Crippen LogP contribution in [0.4, 0.5) is 0 Å². The fraction of sp³-hybridized carbons (Fsp3) is 0.526. The molecule has 0 radical (unpaired) electrons. The van der Waals surface area contributed by atoms with Gasteiger partial charge < -0.3 is 19.4 Å². The van der Waals surface area contributed by atoms with E-state index in [1.165, 1.54) is 0 Å². The molecule has 0 unspecified atom stereocenters. The number of carbonyl (C=O) groups is 1. The number of hydrogen-bond donors (Lipinski definition) is 1. The van der Waals surface area contributed by atoms with E-state index in [0.717, 1.165) is 24.3 Å². The van der Waals surface area contributed by atoms with Gasteiger partial charge in [-0.25, -0.2) is 0 Å². The number of methoxy groups -OCH3 is 1. The van der Waals surface area contributed by atoms with Crippen molar-refractivity contribution in [2.24, 2.45) is 0 Å². The van der Waals surface area contributed by atoms with Crippen LogP contribution in [0.1, 0.15) is 12.3 Å². The summed E-state index contributed by atoms with van der Waals surface area (Å²) in [5.41, 5.74) is 0.859. The Labute approximate surface area is 158 Å². The van der Waals surface area contributed by atoms with E-state index >= 15 is 0 Å². The van der Waals surface area contributed by atoms with Gasteiger partial charge >= 0.3 is 0 Å². The summed E-state index contributed by atoms with van der Waals surface area (Å²) in [5, 5.41) is 11.4. The second-order valence-electron chi connectivity index (χ2n) is 7.40. The molecule has 2 aromatic rings. The summed E-state index contributed by atoms with van der Waals surface area (Å²) in [7, 11) is 5.76. The lowest BCUT2D eigenvalue weighted by Crippen LogP contribution is -2.58. The molecule has 8 nitrogen and oxygen atoms in total. The summed E-state index contributed by atoms with van der Waals surface area (Å²) in [6, 6.07) is 8.02. The SMILES string of the molecule is COc1ccc(-c2nnc(C[C@@H]3CNC(=O)[C@@H]4C[C@H](N(C)C)CN34)o2)cc1. The molecule has 1 aromatic carbocycles. The molecular formula is C19H25N5O3. The molecule has 2 saturated heterocycles. The van der Waals surface area contributed by atoms with E-state index in [1.54, 1.807) is 7.11 Å². The first-order valence-electron chi connectivity index (χ1n) is 9.22. The largest absolute Gasteiger partial charge is 0.497 e. The van der Waals surface area contributed by atoms with Crippen molar-refractivity contribution in [1.82, 2.24) is 25.3 Å². The number of piperazine rings is 1. The highest BCUT2D eigenvalue weighted by atomic mass is 16.5. The van der Waals surface area contributed by atoms with E-state index in [0.29, 0.717) is 30.8 Å². The Morgan fingerprint density at radius 3 is 2.78 bits per heavy atom. The van der Waals surface area contributed by atoms with Crippen molar-refractivity contribution in [1.29, 1.82) is 0 Å². The van der Waals surface area contributed by atoms with Gasteiger partial charge in [0.05, 0.1) is 13.2 Å². The summed E-state index contributed by atoms with van der Waals surface area (Å²) in [4.78, 5) is 16.7. The zero-order valence-corrected chi connectivity index (χ0v) is 15.9. The minimum Gasteiger partial charge on any atom is -0.497 e. The Hall–Kier alpha value is -2.45. The number of benzene rings is 1. The number of ether oxygens (including phenoxy) is 1. The smallest absolute Gasteiger partial charge is 0.247 e. The van der Waals surface area contributed by atoms with Gasteiger partial charge in [-0.1, -0.05) is 0 Å². The van der Waals surface area contributed by atoms with Crippen molar-refractivity contribution in [3.63, 3.8) is 0 Å². The van der Waals surface area contributed by atoms with Gasteiger partial charge in [0.15, 0.2) is 0 Å². The Morgan fingerprint density at radius 2 is 2.07 bits per heavy atom. The molecule has 0 aliphatic carbocycles. The molecule has 2 aliphatic heterocycles. The Kier molecular flexibility index (Phi) is 4.84. The number of aromatic nitrogens is 2. The molecular weight excluding hydrogens is 346 g/mol. The van der Waals surface area contributed by atoms with Crippen LogP contribution in [-0.4, -0.2) is 78.3 Å². The maximum Gasteiger partial charge on any atom is 0.247 e. The van der Waals surface area contributed by atoms with Gasteiger partial charge in [0.25, 0.3) is 0 Å². The fourth-order valence-corrected chi connectivity index (χ4v) is 3.90. The van der Waals surface area contributed by atoms with E-state index in [4.69, 9.17) is 9.15 Å². The molecule has 0 saturated carbocycles. The average molecular weight is 371 g/mol. The quantitative estimate of drug-likeness (QED) is 0.832. The Morgan fingerprint density at radius 1 is 1.30 bits per heavy atom. The molecule has 2 fully saturated rings. The molecule has 1 amide bonds. The third-order valence-corrected chi connectivity index (χ3v) is 5.55. The van der Waals surface area contributed by atoms with Gasteiger partial charge in [0.2, 0.25) is 17.7 Å². The van der Waals surface area contributed by atoms with Crippen molar-refractivity contribution in [3.8, 4) is 17.2 Å². The molecule has 3 heterocycles. The van der Waals surface area contributed by atoms with Crippen LogP contribution in [-0.2, 0) is 11.2 Å². The summed E-state index contributed by atoms with van der Waals surface area (Å²) in [6.07, 6.45) is 1.48. The van der Waals surface area contributed by atoms with Crippen LogP contribution in [0.2, 0.25) is 0 Å². The highest BCUT2D eigenvalue weighted by molar-refractivity contribution is 5.83. The van der Waals surface area contributed by atoms with Gasteiger partial charge in [-0.3, -0.25) is 9.69 Å². The van der Waals surface area contributed by atoms with Crippen LogP contribution < -0.4 is 10.1 Å². The van der Waals surface area contributed by atoms with E-state index < -0.39 is 0 Å². The summed E-state index contributed by atoms with van der Waals surface area (Å²) in [5.74, 6) is 2.00. The molecule has 0 bridgehead atoms. The van der Waals surface area contributed by atoms with E-state index in [2.05, 4.69) is 39.4 Å². The van der Waals surface area contributed by atoms with Gasteiger partial charge in [-0.05, 0) is 44.8 Å². The highest BCUT2D eigenvalue weighted by Crippen LogP contribution is 2.28. The summed E-state index contributed by atoms with van der Waals surface area (Å²) >= 11 is 0. The first-order chi connectivity index (χ1) is 13.0. The maximum atomic E-state index is 12.3. The standard InChI is InChI=1S/C19H25N5O3/c1-23(2)14-8-16-18(25)20-10-13(24(16)11-14)9-17-21-22-19(27-17)12-4-6-15(26-3)7-5-12/h4-7,13-14,16H,8-11H2,1-3H3,(H,20,25)/t13-,14+,16+/m1/s1. The van der Waals surface area contributed by atoms with Crippen LogP contribution in [0, 0.1) is 0 Å². The second-order valence-corrected chi connectivity index (χ2v) is 7.40. The number of amides is 1. The molecule has 4 rings (SSSR count). The Balaban J connectivity index is 1.47. The van der Waals surface area contributed by atoms with Crippen molar-refractivity contribution in [3.05, 3.63) is 30.2 Å². The number of fused-ring (bicyclic) bond motifs is 1. The van der Waals surface area contributed by atoms with E-state index in [1.807, 2.05) is 24.3 Å². The van der Waals surface area contributed by atoms with Crippen LogP contribution >= 0.6 is 0 Å². The van der Waals surface area contributed by atoms with Crippen molar-refractivity contribution in [2.45, 2.75) is 31.0 Å². The molecule has 27 heavy (non-hydrogen) atoms. The molecule has 3 atom stereocenters. The number of hydrogen-bond acceptors (Lipinski definition) is 7. The van der Waals surface area contributed by atoms with E-state index in [-0.39, 0.29) is 18.0 Å². The molecule has 0 spiro atoms. The zero-order chi connectivity index (χ0) is 19.0. The maximum absolute atomic E-state index is 12.3. The second kappa shape index (κ2) is 7.28. The normalized spacial score (nSPS) is 25.5. The lowest BCUT2D eigenvalue weighted by Gasteiger charge is -2.36. The predicted octanol–water partition coefficient (Wildman–Crippen LogP) is 0.791. The molecule has 144 valence electrons. The number of nitrogens with zero attached hydrogens (tertiary/aromatic N) is 4. The first kappa shape index (κ1) is 17.9. The summed E-state index contributed by atoms with van der Waals surface area (Å²) in [6.45, 7) is 1.49. The lowest BCUT2D eigenvalue weighted by molar-refractivity contribution is -0.129. The average Bonchev–Trinajstić information content (AvgIpc) is 3.32. The third-order valence-electron chi connectivity index (χ3n) is 5.55. The Bertz CT molecular complexity index is 804. The van der Waals surface area contributed by atoms with Crippen molar-refractivity contribution >= 4 is 5.91 Å². The van der Waals surface area contributed by atoms with Gasteiger partial charge in [0, 0.05) is 37.2 Å². The van der Waals surface area contributed by atoms with E-state index in [9.17, 15) is 4.79 Å². The van der Waals surface area contributed by atoms with Gasteiger partial charge in [-0.15, -0.1) is 10.2 Å². The van der Waals surface area contributed by atoms with Crippen molar-refractivity contribution in [2.75, 3.05) is 34.3 Å². The zero-order valence-electron chi connectivity index (χ0n) is 15.9. The number of nitrogens with one attached hydrogen (secondary N) is 1. The summed E-state index contributed by atoms with van der Waals surface area (Å²) < 4.78 is 11.1. The topological polar surface area (TPSA) is 83.7 Å². The predicted molar refractivity (Wildman–Crippen MR) is 99.4 cm³/mol. The van der Waals surface area contributed by atoms with Crippen molar-refractivity contribution < 1.29 is 13.9 Å². The minimum atomic E-state index is -0.0693. The highest BCUT2D eigenvalue weighted by Gasteiger charge is 2.44. The van der Waals surface area contributed by atoms with Crippen LogP contribution in [0.25, 0.3) is 11.5 Å².